The van der Waals surface area contributed by atoms with Crippen molar-refractivity contribution in [2.75, 3.05) is 32.7 Å². The van der Waals surface area contributed by atoms with E-state index in [2.05, 4.69) is 15.8 Å². The molecule has 2 atom stereocenters. The van der Waals surface area contributed by atoms with Crippen molar-refractivity contribution in [3.8, 4) is 0 Å². The molecular weight excluding hydrogens is 358 g/mol. The van der Waals surface area contributed by atoms with Gasteiger partial charge in [-0.15, -0.1) is 0 Å². The van der Waals surface area contributed by atoms with Crippen LogP contribution in [0.3, 0.4) is 0 Å². The van der Waals surface area contributed by atoms with E-state index in [1.165, 1.54) is 44.2 Å². The number of rotatable bonds is 4. The van der Waals surface area contributed by atoms with Crippen molar-refractivity contribution in [3.63, 3.8) is 0 Å². The third-order valence-electron chi connectivity index (χ3n) is 6.48. The predicted molar refractivity (Wildman–Crippen MR) is 105 cm³/mol. The summed E-state index contributed by atoms with van der Waals surface area (Å²) in [6.07, 6.45) is 6.63. The normalized spacial score (nSPS) is 27.1. The lowest BCUT2D eigenvalue weighted by Gasteiger charge is -2.41. The summed E-state index contributed by atoms with van der Waals surface area (Å²) in [5.74, 6) is -0.0215. The van der Waals surface area contributed by atoms with E-state index in [0.29, 0.717) is 12.6 Å². The fourth-order valence-electron chi connectivity index (χ4n) is 4.83. The average Bonchev–Trinajstić information content (AvgIpc) is 3.24. The van der Waals surface area contributed by atoms with E-state index in [1.54, 1.807) is 12.1 Å². The molecule has 1 saturated carbocycles. The molecule has 2 unspecified atom stereocenters. The van der Waals surface area contributed by atoms with Gasteiger partial charge in [-0.1, -0.05) is 31.4 Å². The summed E-state index contributed by atoms with van der Waals surface area (Å²) < 4.78 is 0. The molecule has 1 aliphatic carbocycles. The first-order valence-electron chi connectivity index (χ1n) is 10.4. The Labute approximate surface area is 165 Å². The third kappa shape index (κ3) is 4.04. The summed E-state index contributed by atoms with van der Waals surface area (Å²) in [6, 6.07) is 7.02. The van der Waals surface area contributed by atoms with Crippen molar-refractivity contribution in [2.24, 2.45) is 5.92 Å². The first-order valence-corrected chi connectivity index (χ1v) is 10.4. The number of amides is 1. The molecule has 0 spiro atoms. The number of non-ortho nitro benzene ring substituents is 1. The van der Waals surface area contributed by atoms with Gasteiger partial charge in [0, 0.05) is 50.9 Å². The van der Waals surface area contributed by atoms with E-state index in [-0.39, 0.29) is 23.6 Å². The highest BCUT2D eigenvalue weighted by Gasteiger charge is 2.38. The number of carbonyl (C=O) groups is 1. The molecule has 2 heterocycles. The molecule has 8 nitrogen and oxygen atoms in total. The summed E-state index contributed by atoms with van der Waals surface area (Å²) in [4.78, 5) is 28.2. The number of nitrogens with one attached hydrogen (secondary N) is 2. The molecule has 2 saturated heterocycles. The predicted octanol–water partition coefficient (Wildman–Crippen LogP) is 1.84. The van der Waals surface area contributed by atoms with Gasteiger partial charge in [0.25, 0.3) is 5.69 Å². The Hall–Kier alpha value is -2.03. The van der Waals surface area contributed by atoms with Gasteiger partial charge in [0.2, 0.25) is 5.91 Å². The van der Waals surface area contributed by atoms with E-state index < -0.39 is 4.92 Å². The highest BCUT2D eigenvalue weighted by atomic mass is 16.6. The van der Waals surface area contributed by atoms with E-state index in [1.807, 2.05) is 4.90 Å². The molecule has 3 fully saturated rings. The number of hydrogen-bond donors (Lipinski definition) is 2. The quantitative estimate of drug-likeness (QED) is 0.605. The SMILES string of the molecule is O=C(C1CNNC1c1ccc([N+](=O)[O-])cc1)N1CCN(C2CCCCC2)CC1. The summed E-state index contributed by atoms with van der Waals surface area (Å²) in [5, 5.41) is 10.9. The molecule has 2 aliphatic heterocycles. The minimum Gasteiger partial charge on any atom is -0.340 e. The maximum absolute atomic E-state index is 13.2. The zero-order chi connectivity index (χ0) is 19.5. The van der Waals surface area contributed by atoms with Crippen LogP contribution in [0.15, 0.2) is 24.3 Å². The van der Waals surface area contributed by atoms with E-state index in [0.717, 1.165) is 31.7 Å². The lowest BCUT2D eigenvalue weighted by molar-refractivity contribution is -0.384. The molecule has 2 N–H and O–H groups in total. The Kier molecular flexibility index (Phi) is 5.89. The molecule has 8 heteroatoms. The van der Waals surface area contributed by atoms with Crippen LogP contribution < -0.4 is 10.9 Å². The molecule has 1 aromatic rings. The van der Waals surface area contributed by atoms with Gasteiger partial charge in [-0.2, -0.15) is 0 Å². The second kappa shape index (κ2) is 8.55. The molecule has 0 radical (unpaired) electrons. The van der Waals surface area contributed by atoms with E-state index in [4.69, 9.17) is 0 Å². The summed E-state index contributed by atoms with van der Waals surface area (Å²) in [6.45, 7) is 4.08. The lowest BCUT2D eigenvalue weighted by atomic mass is 9.92. The number of hydrazine groups is 1. The average molecular weight is 387 g/mol. The maximum atomic E-state index is 13.2. The number of piperazine rings is 1. The van der Waals surface area contributed by atoms with Crippen LogP contribution in [0.4, 0.5) is 5.69 Å². The fraction of sp³-hybridized carbons (Fsp3) is 0.650. The van der Waals surface area contributed by atoms with Crippen LogP contribution in [0.5, 0.6) is 0 Å². The molecule has 1 amide bonds. The second-order valence-electron chi connectivity index (χ2n) is 8.11. The van der Waals surface area contributed by atoms with Gasteiger partial charge in [-0.25, -0.2) is 5.43 Å². The fourth-order valence-corrected chi connectivity index (χ4v) is 4.83. The first-order chi connectivity index (χ1) is 13.6. The van der Waals surface area contributed by atoms with E-state index in [9.17, 15) is 14.9 Å². The summed E-state index contributed by atoms with van der Waals surface area (Å²) in [7, 11) is 0. The minimum atomic E-state index is -0.404. The van der Waals surface area contributed by atoms with Gasteiger partial charge in [0.1, 0.15) is 0 Å². The van der Waals surface area contributed by atoms with Crippen LogP contribution in [0.2, 0.25) is 0 Å². The van der Waals surface area contributed by atoms with E-state index >= 15 is 0 Å². The Morgan fingerprint density at radius 1 is 1.04 bits per heavy atom. The van der Waals surface area contributed by atoms with Crippen molar-refractivity contribution in [1.29, 1.82) is 0 Å². The number of carbonyl (C=O) groups excluding carboxylic acids is 1. The molecule has 4 rings (SSSR count). The van der Waals surface area contributed by atoms with Crippen LogP contribution in [0.1, 0.15) is 43.7 Å². The van der Waals surface area contributed by atoms with Crippen LogP contribution in [0.25, 0.3) is 0 Å². The summed E-state index contributed by atoms with van der Waals surface area (Å²) >= 11 is 0. The van der Waals surface area contributed by atoms with Crippen molar-refractivity contribution in [1.82, 2.24) is 20.7 Å². The zero-order valence-electron chi connectivity index (χ0n) is 16.2. The molecule has 152 valence electrons. The van der Waals surface area contributed by atoms with Gasteiger partial charge in [0.05, 0.1) is 16.9 Å². The van der Waals surface area contributed by atoms with Crippen LogP contribution >= 0.6 is 0 Å². The summed E-state index contributed by atoms with van der Waals surface area (Å²) in [5.41, 5.74) is 7.24. The number of nitro groups is 1. The van der Waals surface area contributed by atoms with Crippen LogP contribution in [0, 0.1) is 16.0 Å². The van der Waals surface area contributed by atoms with Gasteiger partial charge in [-0.05, 0) is 18.4 Å². The monoisotopic (exact) mass is 387 g/mol. The molecule has 1 aromatic carbocycles. The van der Waals surface area contributed by atoms with Crippen molar-refractivity contribution in [3.05, 3.63) is 39.9 Å². The molecule has 3 aliphatic rings. The number of hydrogen-bond acceptors (Lipinski definition) is 6. The van der Waals surface area contributed by atoms with Crippen molar-refractivity contribution < 1.29 is 9.72 Å². The van der Waals surface area contributed by atoms with Gasteiger partial charge in [0.15, 0.2) is 0 Å². The topological polar surface area (TPSA) is 90.7 Å². The maximum Gasteiger partial charge on any atom is 0.269 e. The number of nitro benzene ring substituents is 1. The largest absolute Gasteiger partial charge is 0.340 e. The standard InChI is InChI=1S/C20H29N5O3/c26-20(24-12-10-23(11-13-24)16-4-2-1-3-5-16)18-14-21-22-19(18)15-6-8-17(9-7-15)25(27)28/h6-9,16,18-19,21-22H,1-5,10-14H2. The molecule has 0 bridgehead atoms. The molecule has 28 heavy (non-hydrogen) atoms. The van der Waals surface area contributed by atoms with Gasteiger partial charge >= 0.3 is 0 Å². The Balaban J connectivity index is 1.36. The Bertz CT molecular complexity index is 696. The Morgan fingerprint density at radius 3 is 2.36 bits per heavy atom. The lowest BCUT2D eigenvalue weighted by Crippen LogP contribution is -2.54. The number of nitrogens with zero attached hydrogens (tertiary/aromatic N) is 3. The van der Waals surface area contributed by atoms with Crippen molar-refractivity contribution >= 4 is 11.6 Å². The third-order valence-corrected chi connectivity index (χ3v) is 6.48. The van der Waals surface area contributed by atoms with Crippen molar-refractivity contribution in [2.45, 2.75) is 44.2 Å². The highest BCUT2D eigenvalue weighted by Crippen LogP contribution is 2.29. The highest BCUT2D eigenvalue weighted by molar-refractivity contribution is 5.80. The Morgan fingerprint density at radius 2 is 1.71 bits per heavy atom. The smallest absolute Gasteiger partial charge is 0.269 e. The second-order valence-corrected chi connectivity index (χ2v) is 8.11. The molecular formula is C20H29N5O3. The zero-order valence-corrected chi connectivity index (χ0v) is 16.2. The minimum absolute atomic E-state index is 0.0661. The molecule has 0 aromatic heterocycles. The van der Waals surface area contributed by atoms with Crippen LogP contribution in [-0.4, -0.2) is 59.4 Å². The first kappa shape index (κ1) is 19.3. The van der Waals surface area contributed by atoms with Gasteiger partial charge in [-0.3, -0.25) is 25.2 Å². The van der Waals surface area contributed by atoms with Gasteiger partial charge < -0.3 is 4.90 Å². The van der Waals surface area contributed by atoms with Crippen LogP contribution in [-0.2, 0) is 4.79 Å². The number of benzene rings is 1.